The van der Waals surface area contributed by atoms with Crippen LogP contribution >= 0.6 is 0 Å². The van der Waals surface area contributed by atoms with Gasteiger partial charge < -0.3 is 15.2 Å². The van der Waals surface area contributed by atoms with Crippen molar-refractivity contribution in [2.24, 2.45) is 5.92 Å². The molecule has 5 nitrogen and oxygen atoms in total. The Morgan fingerprint density at radius 1 is 1.56 bits per heavy atom. The fourth-order valence-corrected chi connectivity index (χ4v) is 2.38. The summed E-state index contributed by atoms with van der Waals surface area (Å²) in [6, 6.07) is -0.172. The summed E-state index contributed by atoms with van der Waals surface area (Å²) in [7, 11) is 3.55. The summed E-state index contributed by atoms with van der Waals surface area (Å²) < 4.78 is 4.89. The third kappa shape index (κ3) is 4.55. The molecule has 1 aliphatic carbocycles. The smallest absolute Gasteiger partial charge is 0.237 e. The average molecular weight is 258 g/mol. The van der Waals surface area contributed by atoms with Crippen LogP contribution in [0.5, 0.6) is 0 Å². The first-order valence-corrected chi connectivity index (χ1v) is 6.71. The standard InChI is InChI=1S/C13H26N2O3/c1-10(13(17)14-7-8-18-3)15(2)9-11-5-4-6-12(11)16/h10-12,16H,4-9H2,1-3H3,(H,14,17). The van der Waals surface area contributed by atoms with Crippen LogP contribution in [0.3, 0.4) is 0 Å². The van der Waals surface area contributed by atoms with E-state index in [0.717, 1.165) is 25.8 Å². The van der Waals surface area contributed by atoms with Gasteiger partial charge >= 0.3 is 0 Å². The van der Waals surface area contributed by atoms with Gasteiger partial charge in [0, 0.05) is 20.2 Å². The third-order valence-electron chi connectivity index (χ3n) is 3.79. The normalized spacial score (nSPS) is 25.4. The van der Waals surface area contributed by atoms with E-state index >= 15 is 0 Å². The third-order valence-corrected chi connectivity index (χ3v) is 3.79. The molecule has 1 rings (SSSR count). The zero-order valence-corrected chi connectivity index (χ0v) is 11.7. The van der Waals surface area contributed by atoms with Crippen LogP contribution < -0.4 is 5.32 Å². The molecule has 18 heavy (non-hydrogen) atoms. The summed E-state index contributed by atoms with van der Waals surface area (Å²) in [4.78, 5) is 13.9. The minimum Gasteiger partial charge on any atom is -0.393 e. The number of rotatable bonds is 7. The molecule has 5 heteroatoms. The van der Waals surface area contributed by atoms with Crippen LogP contribution in [-0.2, 0) is 9.53 Å². The molecule has 0 aromatic heterocycles. The molecule has 0 bridgehead atoms. The van der Waals surface area contributed by atoms with E-state index in [-0.39, 0.29) is 18.1 Å². The van der Waals surface area contributed by atoms with Gasteiger partial charge in [-0.2, -0.15) is 0 Å². The fraction of sp³-hybridized carbons (Fsp3) is 0.923. The summed E-state index contributed by atoms with van der Waals surface area (Å²) in [6.45, 7) is 3.74. The highest BCUT2D eigenvalue weighted by Gasteiger charge is 2.28. The molecule has 3 atom stereocenters. The summed E-state index contributed by atoms with van der Waals surface area (Å²) in [5.41, 5.74) is 0. The summed E-state index contributed by atoms with van der Waals surface area (Å²) in [6.07, 6.45) is 2.85. The van der Waals surface area contributed by atoms with Crippen LogP contribution in [0.2, 0.25) is 0 Å². The number of hydrogen-bond donors (Lipinski definition) is 2. The van der Waals surface area contributed by atoms with E-state index in [4.69, 9.17) is 4.74 Å². The second-order valence-electron chi connectivity index (χ2n) is 5.16. The van der Waals surface area contributed by atoms with Gasteiger partial charge in [0.2, 0.25) is 5.91 Å². The predicted molar refractivity (Wildman–Crippen MR) is 70.3 cm³/mol. The lowest BCUT2D eigenvalue weighted by molar-refractivity contribution is -0.125. The highest BCUT2D eigenvalue weighted by atomic mass is 16.5. The van der Waals surface area contributed by atoms with E-state index in [9.17, 15) is 9.90 Å². The van der Waals surface area contributed by atoms with Crippen molar-refractivity contribution in [3.63, 3.8) is 0 Å². The van der Waals surface area contributed by atoms with Crippen molar-refractivity contribution >= 4 is 5.91 Å². The molecule has 1 aliphatic rings. The molecule has 0 spiro atoms. The first-order valence-electron chi connectivity index (χ1n) is 6.71. The first kappa shape index (κ1) is 15.4. The number of aliphatic hydroxyl groups excluding tert-OH is 1. The molecule has 106 valence electrons. The van der Waals surface area contributed by atoms with Gasteiger partial charge in [0.05, 0.1) is 18.8 Å². The highest BCUT2D eigenvalue weighted by Crippen LogP contribution is 2.26. The summed E-state index contributed by atoms with van der Waals surface area (Å²) in [5, 5.41) is 12.6. The number of aliphatic hydroxyl groups is 1. The molecular weight excluding hydrogens is 232 g/mol. The minimum atomic E-state index is -0.198. The largest absolute Gasteiger partial charge is 0.393 e. The zero-order valence-electron chi connectivity index (χ0n) is 11.7. The molecule has 2 N–H and O–H groups in total. The molecular formula is C13H26N2O3. The summed E-state index contributed by atoms with van der Waals surface area (Å²) >= 11 is 0. The van der Waals surface area contributed by atoms with E-state index in [1.54, 1.807) is 7.11 Å². The number of hydrogen-bond acceptors (Lipinski definition) is 4. The maximum atomic E-state index is 11.8. The Labute approximate surface area is 109 Å². The van der Waals surface area contributed by atoms with Gasteiger partial charge in [-0.05, 0) is 32.7 Å². The number of likely N-dealkylation sites (N-methyl/N-ethyl adjacent to an activating group) is 1. The van der Waals surface area contributed by atoms with Crippen molar-refractivity contribution < 1.29 is 14.6 Å². The lowest BCUT2D eigenvalue weighted by Crippen LogP contribution is -2.46. The van der Waals surface area contributed by atoms with E-state index in [1.807, 2.05) is 18.9 Å². The van der Waals surface area contributed by atoms with E-state index in [0.29, 0.717) is 19.1 Å². The maximum absolute atomic E-state index is 11.8. The van der Waals surface area contributed by atoms with Crippen molar-refractivity contribution in [1.82, 2.24) is 10.2 Å². The Balaban J connectivity index is 2.30. The zero-order chi connectivity index (χ0) is 13.5. The van der Waals surface area contributed by atoms with Crippen LogP contribution in [0, 0.1) is 5.92 Å². The number of nitrogens with one attached hydrogen (secondary N) is 1. The quantitative estimate of drug-likeness (QED) is 0.642. The Bertz CT molecular complexity index is 261. The fourth-order valence-electron chi connectivity index (χ4n) is 2.38. The predicted octanol–water partition coefficient (Wildman–Crippen LogP) is 0.230. The van der Waals surface area contributed by atoms with Gasteiger partial charge in [0.15, 0.2) is 0 Å². The van der Waals surface area contributed by atoms with Gasteiger partial charge in [0.25, 0.3) is 0 Å². The Morgan fingerprint density at radius 2 is 2.28 bits per heavy atom. The molecule has 3 unspecified atom stereocenters. The SMILES string of the molecule is COCCNC(=O)C(C)N(C)CC1CCCC1O. The van der Waals surface area contributed by atoms with Gasteiger partial charge in [-0.1, -0.05) is 6.42 Å². The van der Waals surface area contributed by atoms with E-state index in [2.05, 4.69) is 5.32 Å². The maximum Gasteiger partial charge on any atom is 0.237 e. The monoisotopic (exact) mass is 258 g/mol. The molecule has 0 radical (unpaired) electrons. The van der Waals surface area contributed by atoms with Gasteiger partial charge in [0.1, 0.15) is 0 Å². The molecule has 0 aliphatic heterocycles. The molecule has 1 amide bonds. The van der Waals surface area contributed by atoms with Gasteiger partial charge in [-0.25, -0.2) is 0 Å². The number of amides is 1. The number of nitrogens with zero attached hydrogens (tertiary/aromatic N) is 1. The van der Waals surface area contributed by atoms with Crippen molar-refractivity contribution in [2.75, 3.05) is 33.9 Å². The topological polar surface area (TPSA) is 61.8 Å². The lowest BCUT2D eigenvalue weighted by atomic mass is 10.0. The van der Waals surface area contributed by atoms with Crippen LogP contribution in [0.25, 0.3) is 0 Å². The number of carbonyl (C=O) groups is 1. The number of carbonyl (C=O) groups excluding carboxylic acids is 1. The Morgan fingerprint density at radius 3 is 2.83 bits per heavy atom. The van der Waals surface area contributed by atoms with E-state index in [1.165, 1.54) is 0 Å². The first-order chi connectivity index (χ1) is 8.56. The summed E-state index contributed by atoms with van der Waals surface area (Å²) in [5.74, 6) is 0.325. The lowest BCUT2D eigenvalue weighted by Gasteiger charge is -2.27. The van der Waals surface area contributed by atoms with Crippen LogP contribution in [0.4, 0.5) is 0 Å². The molecule has 0 aromatic rings. The highest BCUT2D eigenvalue weighted by molar-refractivity contribution is 5.81. The Kier molecular flexibility index (Phi) is 6.60. The van der Waals surface area contributed by atoms with Crippen molar-refractivity contribution in [3.8, 4) is 0 Å². The second-order valence-corrected chi connectivity index (χ2v) is 5.16. The van der Waals surface area contributed by atoms with E-state index < -0.39 is 0 Å². The average Bonchev–Trinajstić information content (AvgIpc) is 2.74. The molecule has 0 aromatic carbocycles. The number of ether oxygens (including phenoxy) is 1. The number of methoxy groups -OCH3 is 1. The van der Waals surface area contributed by atoms with Crippen molar-refractivity contribution in [2.45, 2.75) is 38.3 Å². The van der Waals surface area contributed by atoms with Crippen molar-refractivity contribution in [1.29, 1.82) is 0 Å². The Hall–Kier alpha value is -0.650. The minimum absolute atomic E-state index is 0.0158. The van der Waals surface area contributed by atoms with Crippen molar-refractivity contribution in [3.05, 3.63) is 0 Å². The van der Waals surface area contributed by atoms with Gasteiger partial charge in [-0.3, -0.25) is 9.69 Å². The molecule has 1 fully saturated rings. The van der Waals surface area contributed by atoms with Crippen LogP contribution in [0.15, 0.2) is 0 Å². The molecule has 0 saturated heterocycles. The second kappa shape index (κ2) is 7.71. The molecule has 0 heterocycles. The van der Waals surface area contributed by atoms with Crippen LogP contribution in [0.1, 0.15) is 26.2 Å². The van der Waals surface area contributed by atoms with Gasteiger partial charge in [-0.15, -0.1) is 0 Å². The van der Waals surface area contributed by atoms with Crippen LogP contribution in [-0.4, -0.2) is 61.9 Å². The molecule has 1 saturated carbocycles.